The highest BCUT2D eigenvalue weighted by Gasteiger charge is 1.98. The zero-order valence-electron chi connectivity index (χ0n) is 13.9. The van der Waals surface area contributed by atoms with E-state index in [-0.39, 0.29) is 5.83 Å². The van der Waals surface area contributed by atoms with Gasteiger partial charge >= 0.3 is 0 Å². The van der Waals surface area contributed by atoms with E-state index in [9.17, 15) is 4.39 Å². The summed E-state index contributed by atoms with van der Waals surface area (Å²) >= 11 is 0. The molecule has 0 radical (unpaired) electrons. The van der Waals surface area contributed by atoms with Gasteiger partial charge < -0.3 is 0 Å². The number of allylic oxidation sites excluding steroid dienone is 4. The lowest BCUT2D eigenvalue weighted by molar-refractivity contribution is 0.628. The van der Waals surface area contributed by atoms with E-state index in [1.165, 1.54) is 13.3 Å². The molecule has 0 aromatic carbocycles. The summed E-state index contributed by atoms with van der Waals surface area (Å²) in [5.74, 6) is -0.0741. The molecule has 0 N–H and O–H groups in total. The molecule has 0 heterocycles. The molecule has 0 unspecified atom stereocenters. The molecule has 0 amide bonds. The van der Waals surface area contributed by atoms with Crippen LogP contribution in [0.3, 0.4) is 0 Å². The summed E-state index contributed by atoms with van der Waals surface area (Å²) in [6.45, 7) is 19.5. The van der Waals surface area contributed by atoms with Crippen LogP contribution in [0.25, 0.3) is 0 Å². The Bertz CT molecular complexity index is 172. The van der Waals surface area contributed by atoms with Gasteiger partial charge in [0, 0.05) is 0 Å². The Balaban J connectivity index is -0.000000102. The minimum Gasteiger partial charge on any atom is -0.212 e. The van der Waals surface area contributed by atoms with Gasteiger partial charge in [-0.3, -0.25) is 0 Å². The lowest BCUT2D eigenvalue weighted by Crippen LogP contribution is -1.84. The van der Waals surface area contributed by atoms with Gasteiger partial charge in [-0.05, 0) is 38.3 Å². The molecule has 0 nitrogen and oxygen atoms in total. The summed E-state index contributed by atoms with van der Waals surface area (Å²) in [5, 5.41) is 0. The molecule has 0 rings (SSSR count). The summed E-state index contributed by atoms with van der Waals surface area (Å²) in [6, 6.07) is 0. The van der Waals surface area contributed by atoms with Crippen LogP contribution in [0.5, 0.6) is 0 Å². The number of hydrogen-bond acceptors (Lipinski definition) is 0. The van der Waals surface area contributed by atoms with E-state index in [1.807, 2.05) is 54.5 Å². The Kier molecular flexibility index (Phi) is 36.6. The molecule has 0 saturated heterocycles. The van der Waals surface area contributed by atoms with Gasteiger partial charge in [0.05, 0.1) is 5.83 Å². The molecule has 106 valence electrons. The second-order valence-electron chi connectivity index (χ2n) is 3.03. The van der Waals surface area contributed by atoms with Crippen molar-refractivity contribution in [1.82, 2.24) is 0 Å². The van der Waals surface area contributed by atoms with Crippen LogP contribution in [0, 0.1) is 0 Å². The molecule has 0 fully saturated rings. The highest BCUT2D eigenvalue weighted by Crippen LogP contribution is 2.17. The number of hydrogen-bond donors (Lipinski definition) is 0. The second-order valence-corrected chi connectivity index (χ2v) is 3.03. The highest BCUT2D eigenvalue weighted by atomic mass is 19.1. The maximum atomic E-state index is 12.6. The molecule has 0 bridgehead atoms. The first-order valence-corrected chi connectivity index (χ1v) is 7.03. The Morgan fingerprint density at radius 3 is 1.29 bits per heavy atom. The maximum absolute atomic E-state index is 12.6. The SMILES string of the molecule is C/C=C(CC)/C(C)=C(\C)F.CC.CC.CCC. The summed E-state index contributed by atoms with van der Waals surface area (Å²) < 4.78 is 12.6. The number of halogens is 1. The molecule has 0 atom stereocenters. The Morgan fingerprint density at radius 2 is 1.24 bits per heavy atom. The first-order valence-electron chi connectivity index (χ1n) is 7.03. The third-order valence-corrected chi connectivity index (χ3v) is 1.73. The topological polar surface area (TPSA) is 0 Å². The molecule has 0 aliphatic carbocycles. The third-order valence-electron chi connectivity index (χ3n) is 1.73. The van der Waals surface area contributed by atoms with Crippen molar-refractivity contribution < 1.29 is 4.39 Å². The fraction of sp³-hybridized carbons (Fsp3) is 0.750. The molecule has 17 heavy (non-hydrogen) atoms. The van der Waals surface area contributed by atoms with Crippen molar-refractivity contribution in [2.75, 3.05) is 0 Å². The fourth-order valence-corrected chi connectivity index (χ4v) is 0.907. The zero-order chi connectivity index (χ0) is 14.9. The lowest BCUT2D eigenvalue weighted by Gasteiger charge is -2.03. The predicted molar refractivity (Wildman–Crippen MR) is 82.2 cm³/mol. The summed E-state index contributed by atoms with van der Waals surface area (Å²) in [6.07, 6.45) is 4.11. The summed E-state index contributed by atoms with van der Waals surface area (Å²) in [4.78, 5) is 0. The van der Waals surface area contributed by atoms with Gasteiger partial charge in [-0.25, -0.2) is 4.39 Å². The maximum Gasteiger partial charge on any atom is 0.1000 e. The average molecular weight is 246 g/mol. The number of rotatable bonds is 2. The second kappa shape index (κ2) is 24.6. The van der Waals surface area contributed by atoms with E-state index in [0.29, 0.717) is 0 Å². The molecular formula is C16H35F. The monoisotopic (exact) mass is 246 g/mol. The van der Waals surface area contributed by atoms with Crippen molar-refractivity contribution in [2.24, 2.45) is 0 Å². The van der Waals surface area contributed by atoms with Gasteiger partial charge in [0.1, 0.15) is 0 Å². The average Bonchev–Trinajstić information content (AvgIpc) is 2.36. The first kappa shape index (κ1) is 25.3. The van der Waals surface area contributed by atoms with Gasteiger partial charge in [-0.1, -0.05) is 61.0 Å². The molecule has 0 saturated carbocycles. The van der Waals surface area contributed by atoms with E-state index in [2.05, 4.69) is 13.8 Å². The van der Waals surface area contributed by atoms with Crippen LogP contribution in [-0.4, -0.2) is 0 Å². The van der Waals surface area contributed by atoms with Gasteiger partial charge in [0.2, 0.25) is 0 Å². The fourth-order valence-electron chi connectivity index (χ4n) is 0.907. The van der Waals surface area contributed by atoms with Crippen molar-refractivity contribution in [2.45, 2.75) is 82.1 Å². The van der Waals surface area contributed by atoms with Gasteiger partial charge in [-0.2, -0.15) is 0 Å². The standard InChI is InChI=1S/C9H15F.C3H8.2C2H6/c1-5-9(6-2)7(3)8(4)10;1-3-2;2*1-2/h5H,6H2,1-4H3;3H2,1-2H3;2*1-2H3/b8-7+,9-5+;;;. The largest absolute Gasteiger partial charge is 0.212 e. The van der Waals surface area contributed by atoms with Gasteiger partial charge in [-0.15, -0.1) is 0 Å². The van der Waals surface area contributed by atoms with E-state index in [0.717, 1.165) is 17.6 Å². The lowest BCUT2D eigenvalue weighted by atomic mass is 10.1. The molecule has 1 heteroatoms. The van der Waals surface area contributed by atoms with Crippen LogP contribution in [0.2, 0.25) is 0 Å². The van der Waals surface area contributed by atoms with Crippen LogP contribution in [0.15, 0.2) is 23.0 Å². The van der Waals surface area contributed by atoms with Gasteiger partial charge in [0.25, 0.3) is 0 Å². The molecule has 0 aliphatic heterocycles. The van der Waals surface area contributed by atoms with Crippen molar-refractivity contribution in [3.05, 3.63) is 23.0 Å². The van der Waals surface area contributed by atoms with Crippen LogP contribution in [0.1, 0.15) is 82.1 Å². The predicted octanol–water partition coefficient (Wildman–Crippen LogP) is 7.07. The smallest absolute Gasteiger partial charge is 0.1000 e. The van der Waals surface area contributed by atoms with Crippen molar-refractivity contribution in [1.29, 1.82) is 0 Å². The molecule has 0 spiro atoms. The van der Waals surface area contributed by atoms with Crippen molar-refractivity contribution >= 4 is 0 Å². The van der Waals surface area contributed by atoms with E-state index < -0.39 is 0 Å². The quantitative estimate of drug-likeness (QED) is 0.457. The van der Waals surface area contributed by atoms with Crippen LogP contribution in [-0.2, 0) is 0 Å². The molecular weight excluding hydrogens is 211 g/mol. The van der Waals surface area contributed by atoms with Crippen LogP contribution in [0.4, 0.5) is 4.39 Å². The highest BCUT2D eigenvalue weighted by molar-refractivity contribution is 5.29. The van der Waals surface area contributed by atoms with Crippen molar-refractivity contribution in [3.8, 4) is 0 Å². The van der Waals surface area contributed by atoms with E-state index >= 15 is 0 Å². The summed E-state index contributed by atoms with van der Waals surface area (Å²) in [7, 11) is 0. The first-order chi connectivity index (χ1) is 8.04. The zero-order valence-corrected chi connectivity index (χ0v) is 13.9. The minimum absolute atomic E-state index is 0.0741. The Hall–Kier alpha value is -0.590. The molecule has 0 aliphatic rings. The molecule has 0 aromatic heterocycles. The van der Waals surface area contributed by atoms with E-state index in [1.54, 1.807) is 0 Å². The summed E-state index contributed by atoms with van der Waals surface area (Å²) in [5.41, 5.74) is 1.88. The van der Waals surface area contributed by atoms with Gasteiger partial charge in [0.15, 0.2) is 0 Å². The van der Waals surface area contributed by atoms with Crippen LogP contribution < -0.4 is 0 Å². The van der Waals surface area contributed by atoms with Crippen LogP contribution >= 0.6 is 0 Å². The van der Waals surface area contributed by atoms with Crippen molar-refractivity contribution in [3.63, 3.8) is 0 Å². The third kappa shape index (κ3) is 21.3. The normalized spacial score (nSPS) is 10.6. The molecule has 0 aromatic rings. The van der Waals surface area contributed by atoms with E-state index in [4.69, 9.17) is 0 Å². The Labute approximate surface area is 110 Å². The minimum atomic E-state index is -0.0741. The Morgan fingerprint density at radius 1 is 0.941 bits per heavy atom.